The van der Waals surface area contributed by atoms with Gasteiger partial charge in [-0.3, -0.25) is 0 Å². The fourth-order valence-corrected chi connectivity index (χ4v) is 1.24. The van der Waals surface area contributed by atoms with E-state index in [2.05, 4.69) is 0 Å². The summed E-state index contributed by atoms with van der Waals surface area (Å²) < 4.78 is 4.08. The highest BCUT2D eigenvalue weighted by atomic mass is 35.6. The van der Waals surface area contributed by atoms with Crippen LogP contribution < -0.4 is 0 Å². The molecule has 1 atom stereocenters. The third kappa shape index (κ3) is 6.81. The number of halogens is 3. The number of hydrogen-bond donors (Lipinski definition) is 0. The second kappa shape index (κ2) is 6.31. The van der Waals surface area contributed by atoms with Gasteiger partial charge in [0.25, 0.3) is 0 Å². The van der Waals surface area contributed by atoms with Crippen LogP contribution in [-0.2, 0) is 4.74 Å². The first-order valence-electron chi connectivity index (χ1n) is 4.21. The molecule has 0 N–H and O–H groups in total. The van der Waals surface area contributed by atoms with Crippen LogP contribution in [0.5, 0.6) is 0 Å². The zero-order valence-electron chi connectivity index (χ0n) is 8.19. The van der Waals surface area contributed by atoms with Gasteiger partial charge in [0, 0.05) is 13.2 Å². The second-order valence-corrected chi connectivity index (χ2v) is 5.53. The van der Waals surface area contributed by atoms with Crippen LogP contribution in [0.4, 0.5) is 0 Å². The lowest BCUT2D eigenvalue weighted by Gasteiger charge is -2.27. The number of rotatable bonds is 5. The normalized spacial score (nSPS) is 15.0. The zero-order valence-corrected chi connectivity index (χ0v) is 10.5. The largest absolute Gasteiger partial charge is 0.372 e. The van der Waals surface area contributed by atoms with E-state index >= 15 is 0 Å². The molecular weight excluding hydrogens is 232 g/mol. The van der Waals surface area contributed by atoms with E-state index < -0.39 is 3.79 Å². The van der Waals surface area contributed by atoms with E-state index in [1.165, 1.54) is 0 Å². The summed E-state index contributed by atoms with van der Waals surface area (Å²) in [5.41, 5.74) is 0. The van der Waals surface area contributed by atoms with Gasteiger partial charge < -0.3 is 9.64 Å². The van der Waals surface area contributed by atoms with Gasteiger partial charge in [-0.1, -0.05) is 41.7 Å². The average Bonchev–Trinajstić information content (AvgIpc) is 1.95. The van der Waals surface area contributed by atoms with Crippen molar-refractivity contribution in [3.63, 3.8) is 0 Å². The minimum absolute atomic E-state index is 0.368. The Kier molecular flexibility index (Phi) is 6.69. The topological polar surface area (TPSA) is 12.5 Å². The predicted molar refractivity (Wildman–Crippen MR) is 58.9 cm³/mol. The molecule has 5 heteroatoms. The van der Waals surface area contributed by atoms with Gasteiger partial charge in [0.1, 0.15) is 6.10 Å². The molecule has 0 heterocycles. The van der Waals surface area contributed by atoms with Crippen LogP contribution in [0.3, 0.4) is 0 Å². The summed E-state index contributed by atoms with van der Waals surface area (Å²) in [4.78, 5) is 1.93. The van der Waals surface area contributed by atoms with E-state index in [0.29, 0.717) is 13.2 Å². The van der Waals surface area contributed by atoms with Crippen LogP contribution in [-0.4, -0.2) is 42.0 Å². The molecule has 0 aliphatic rings. The van der Waals surface area contributed by atoms with Crippen LogP contribution in [0.1, 0.15) is 13.3 Å². The van der Waals surface area contributed by atoms with Crippen molar-refractivity contribution in [1.29, 1.82) is 0 Å². The maximum Gasteiger partial charge on any atom is 0.217 e. The SMILES string of the molecule is CCCO[C@@H](CN(C)C)C(Cl)(Cl)Cl. The summed E-state index contributed by atoms with van der Waals surface area (Å²) in [6, 6.07) is 0. The van der Waals surface area contributed by atoms with Crippen molar-refractivity contribution in [2.45, 2.75) is 23.2 Å². The predicted octanol–water partition coefficient (Wildman–Crippen LogP) is 2.71. The molecule has 80 valence electrons. The number of hydrogen-bond acceptors (Lipinski definition) is 2. The highest BCUT2D eigenvalue weighted by Gasteiger charge is 2.33. The van der Waals surface area contributed by atoms with Crippen molar-refractivity contribution < 1.29 is 4.74 Å². The molecule has 2 nitrogen and oxygen atoms in total. The maximum atomic E-state index is 5.76. The number of ether oxygens (including phenoxy) is 1. The maximum absolute atomic E-state index is 5.76. The minimum atomic E-state index is -1.35. The Labute approximate surface area is 95.1 Å². The fourth-order valence-electron chi connectivity index (χ4n) is 0.842. The van der Waals surface area contributed by atoms with Crippen molar-refractivity contribution in [1.82, 2.24) is 4.90 Å². The molecule has 0 saturated carbocycles. The van der Waals surface area contributed by atoms with E-state index in [1.54, 1.807) is 0 Å². The molecule has 13 heavy (non-hydrogen) atoms. The van der Waals surface area contributed by atoms with Crippen molar-refractivity contribution >= 4 is 34.8 Å². The van der Waals surface area contributed by atoms with Crippen molar-refractivity contribution in [3.8, 4) is 0 Å². The lowest BCUT2D eigenvalue weighted by Crippen LogP contribution is -2.38. The molecule has 0 aliphatic carbocycles. The molecule has 0 spiro atoms. The van der Waals surface area contributed by atoms with Gasteiger partial charge in [-0.25, -0.2) is 0 Å². The first kappa shape index (κ1) is 13.8. The molecule has 0 aliphatic heterocycles. The third-order valence-electron chi connectivity index (χ3n) is 1.42. The Morgan fingerprint density at radius 1 is 1.31 bits per heavy atom. The minimum Gasteiger partial charge on any atom is -0.372 e. The monoisotopic (exact) mass is 247 g/mol. The summed E-state index contributed by atoms with van der Waals surface area (Å²) in [6.07, 6.45) is 0.553. The molecule has 0 aromatic heterocycles. The number of alkyl halides is 3. The average molecular weight is 249 g/mol. The van der Waals surface area contributed by atoms with Crippen LogP contribution >= 0.6 is 34.8 Å². The summed E-state index contributed by atoms with van der Waals surface area (Å²) >= 11 is 17.3. The number of likely N-dealkylation sites (N-methyl/N-ethyl adjacent to an activating group) is 1. The molecule has 0 radical (unpaired) electrons. The highest BCUT2D eigenvalue weighted by Crippen LogP contribution is 2.32. The van der Waals surface area contributed by atoms with Gasteiger partial charge in [0.05, 0.1) is 0 Å². The Bertz CT molecular complexity index is 136. The van der Waals surface area contributed by atoms with E-state index in [1.807, 2.05) is 25.9 Å². The summed E-state index contributed by atoms with van der Waals surface area (Å²) in [7, 11) is 3.83. The molecule has 0 aromatic carbocycles. The van der Waals surface area contributed by atoms with Crippen LogP contribution in [0, 0.1) is 0 Å². The summed E-state index contributed by atoms with van der Waals surface area (Å²) in [5, 5.41) is 0. The van der Waals surface area contributed by atoms with Gasteiger partial charge in [-0.2, -0.15) is 0 Å². The summed E-state index contributed by atoms with van der Waals surface area (Å²) in [6.45, 7) is 3.24. The van der Waals surface area contributed by atoms with Crippen molar-refractivity contribution in [2.75, 3.05) is 27.2 Å². The molecular formula is C8H16Cl3NO. The molecule has 0 bridgehead atoms. The highest BCUT2D eigenvalue weighted by molar-refractivity contribution is 6.68. The molecule has 0 saturated heterocycles. The lowest BCUT2D eigenvalue weighted by atomic mass is 10.3. The van der Waals surface area contributed by atoms with Crippen molar-refractivity contribution in [3.05, 3.63) is 0 Å². The van der Waals surface area contributed by atoms with Crippen LogP contribution in [0.25, 0.3) is 0 Å². The Morgan fingerprint density at radius 3 is 2.15 bits per heavy atom. The molecule has 0 rings (SSSR count). The van der Waals surface area contributed by atoms with Gasteiger partial charge in [0.2, 0.25) is 3.79 Å². The standard InChI is InChI=1S/C8H16Cl3NO/c1-4-5-13-7(6-12(2)3)8(9,10)11/h7H,4-6H2,1-3H3/t7-/m0/s1. The smallest absolute Gasteiger partial charge is 0.217 e. The Morgan fingerprint density at radius 2 is 1.85 bits per heavy atom. The molecule has 0 fully saturated rings. The van der Waals surface area contributed by atoms with Gasteiger partial charge in [-0.05, 0) is 20.5 Å². The van der Waals surface area contributed by atoms with E-state index in [9.17, 15) is 0 Å². The lowest BCUT2D eigenvalue weighted by molar-refractivity contribution is 0.0388. The summed E-state index contributed by atoms with van der Waals surface area (Å²) in [5.74, 6) is 0. The third-order valence-corrected chi connectivity index (χ3v) is 2.15. The number of nitrogens with zero attached hydrogens (tertiary/aromatic N) is 1. The van der Waals surface area contributed by atoms with E-state index in [-0.39, 0.29) is 6.10 Å². The first-order valence-corrected chi connectivity index (χ1v) is 5.34. The van der Waals surface area contributed by atoms with Crippen molar-refractivity contribution in [2.24, 2.45) is 0 Å². The van der Waals surface area contributed by atoms with E-state index in [4.69, 9.17) is 39.5 Å². The van der Waals surface area contributed by atoms with Crippen LogP contribution in [0.15, 0.2) is 0 Å². The fraction of sp³-hybridized carbons (Fsp3) is 1.00. The Hall–Kier alpha value is 0.790. The van der Waals surface area contributed by atoms with Gasteiger partial charge in [0.15, 0.2) is 0 Å². The van der Waals surface area contributed by atoms with Gasteiger partial charge in [-0.15, -0.1) is 0 Å². The molecule has 0 amide bonds. The van der Waals surface area contributed by atoms with Gasteiger partial charge >= 0.3 is 0 Å². The molecule has 0 aromatic rings. The Balaban J connectivity index is 4.03. The molecule has 0 unspecified atom stereocenters. The second-order valence-electron chi connectivity index (χ2n) is 3.16. The van der Waals surface area contributed by atoms with Crippen LogP contribution in [0.2, 0.25) is 0 Å². The quantitative estimate of drug-likeness (QED) is 0.694. The van der Waals surface area contributed by atoms with E-state index in [0.717, 1.165) is 6.42 Å². The first-order chi connectivity index (χ1) is 5.88. The zero-order chi connectivity index (χ0) is 10.5.